The van der Waals surface area contributed by atoms with E-state index in [1.165, 1.54) is 11.8 Å². The number of furan rings is 1. The van der Waals surface area contributed by atoms with Crippen LogP contribution >= 0.6 is 0 Å². The van der Waals surface area contributed by atoms with Gasteiger partial charge in [0.25, 0.3) is 5.91 Å². The number of carbonyl (C=O) groups excluding carboxylic acids is 1. The van der Waals surface area contributed by atoms with E-state index >= 15 is 0 Å². The van der Waals surface area contributed by atoms with Gasteiger partial charge in [0, 0.05) is 12.1 Å². The summed E-state index contributed by atoms with van der Waals surface area (Å²) in [6.45, 7) is 2.37. The molecule has 5 heteroatoms. The molecule has 0 saturated heterocycles. The number of hydrogen-bond donors (Lipinski definition) is 1. The maximum Gasteiger partial charge on any atom is 0.311 e. The van der Waals surface area contributed by atoms with Gasteiger partial charge < -0.3 is 14.4 Å². The molecule has 1 N–H and O–H groups in total. The number of fused-ring (bicyclic) bond motifs is 1. The summed E-state index contributed by atoms with van der Waals surface area (Å²) in [5.74, 6) is -0.960. The summed E-state index contributed by atoms with van der Waals surface area (Å²) in [5, 5.41) is 9.18. The topological polar surface area (TPSA) is 70.7 Å². The Kier molecular flexibility index (Phi) is 5.21. The summed E-state index contributed by atoms with van der Waals surface area (Å²) >= 11 is 0. The number of amides is 1. The number of nitrogens with zero attached hydrogens (tertiary/aromatic N) is 1. The zero-order chi connectivity index (χ0) is 20.4. The zero-order valence-corrected chi connectivity index (χ0v) is 16.3. The fourth-order valence-electron chi connectivity index (χ4n) is 4.15. The van der Waals surface area contributed by atoms with Gasteiger partial charge in [0.15, 0.2) is 0 Å². The minimum absolute atomic E-state index is 0.109. The summed E-state index contributed by atoms with van der Waals surface area (Å²) in [5.41, 5.74) is 4.61. The number of benzene rings is 2. The molecule has 0 aliphatic carbocycles. The van der Waals surface area contributed by atoms with E-state index in [1.807, 2.05) is 35.2 Å². The summed E-state index contributed by atoms with van der Waals surface area (Å²) in [6.07, 6.45) is 2.64. The van der Waals surface area contributed by atoms with Crippen LogP contribution in [-0.2, 0) is 24.1 Å². The molecule has 2 heterocycles. The minimum atomic E-state index is -1.02. The number of carboxylic acids is 1. The van der Waals surface area contributed by atoms with Gasteiger partial charge in [-0.05, 0) is 36.5 Å². The lowest BCUT2D eigenvalue weighted by Gasteiger charge is -2.38. The van der Waals surface area contributed by atoms with E-state index in [1.54, 1.807) is 6.92 Å². The van der Waals surface area contributed by atoms with Crippen LogP contribution in [0.4, 0.5) is 0 Å². The fraction of sp³-hybridized carbons (Fsp3) is 0.250. The van der Waals surface area contributed by atoms with Crippen molar-refractivity contribution in [1.29, 1.82) is 0 Å². The Hall–Kier alpha value is -3.34. The van der Waals surface area contributed by atoms with Crippen molar-refractivity contribution >= 4 is 11.9 Å². The van der Waals surface area contributed by atoms with E-state index in [0.29, 0.717) is 24.1 Å². The van der Waals surface area contributed by atoms with Crippen molar-refractivity contribution in [3.05, 3.63) is 94.4 Å². The highest BCUT2D eigenvalue weighted by atomic mass is 16.4. The van der Waals surface area contributed by atoms with Crippen LogP contribution < -0.4 is 0 Å². The molecule has 0 radical (unpaired) electrons. The van der Waals surface area contributed by atoms with Crippen molar-refractivity contribution in [3.8, 4) is 0 Å². The molecular formula is C24H23NO4. The standard InChI is InChI=1S/C24H23NO4/c1-16-15-29-21(14-22(26)27)23(16)24(28)25-12-11-18-9-5-6-10-19(18)20(25)13-17-7-3-2-4-8-17/h2-10,15,20H,11-14H2,1H3,(H,26,27). The first-order chi connectivity index (χ1) is 14.0. The van der Waals surface area contributed by atoms with E-state index in [2.05, 4.69) is 24.3 Å². The van der Waals surface area contributed by atoms with Crippen LogP contribution in [0.3, 0.4) is 0 Å². The van der Waals surface area contributed by atoms with Gasteiger partial charge in [-0.15, -0.1) is 0 Å². The van der Waals surface area contributed by atoms with Crippen molar-refractivity contribution in [2.24, 2.45) is 0 Å². The second kappa shape index (κ2) is 7.95. The zero-order valence-electron chi connectivity index (χ0n) is 16.3. The molecule has 4 rings (SSSR count). The first-order valence-electron chi connectivity index (χ1n) is 9.76. The third-order valence-electron chi connectivity index (χ3n) is 5.52. The van der Waals surface area contributed by atoms with Crippen LogP contribution in [0.5, 0.6) is 0 Å². The number of aliphatic carboxylic acids is 1. The molecule has 1 aliphatic rings. The van der Waals surface area contributed by atoms with Crippen LogP contribution in [-0.4, -0.2) is 28.4 Å². The quantitative estimate of drug-likeness (QED) is 0.710. The highest BCUT2D eigenvalue weighted by Crippen LogP contribution is 2.34. The lowest BCUT2D eigenvalue weighted by molar-refractivity contribution is -0.136. The van der Waals surface area contributed by atoms with Gasteiger partial charge in [-0.2, -0.15) is 0 Å². The van der Waals surface area contributed by atoms with E-state index in [9.17, 15) is 14.7 Å². The largest absolute Gasteiger partial charge is 0.481 e. The van der Waals surface area contributed by atoms with E-state index < -0.39 is 5.97 Å². The second-order valence-corrected chi connectivity index (χ2v) is 7.44. The molecule has 5 nitrogen and oxygen atoms in total. The van der Waals surface area contributed by atoms with Crippen molar-refractivity contribution in [2.75, 3.05) is 6.54 Å². The van der Waals surface area contributed by atoms with E-state index in [4.69, 9.17) is 4.42 Å². The average Bonchev–Trinajstić information content (AvgIpc) is 3.08. The highest BCUT2D eigenvalue weighted by molar-refractivity contribution is 5.98. The van der Waals surface area contributed by atoms with Crippen LogP contribution in [0.15, 0.2) is 65.3 Å². The summed E-state index contributed by atoms with van der Waals surface area (Å²) in [7, 11) is 0. The summed E-state index contributed by atoms with van der Waals surface area (Å²) < 4.78 is 5.41. The number of aryl methyl sites for hydroxylation is 1. The van der Waals surface area contributed by atoms with Crippen LogP contribution in [0.1, 0.15) is 44.4 Å². The lowest BCUT2D eigenvalue weighted by Crippen LogP contribution is -2.41. The molecule has 2 aromatic carbocycles. The second-order valence-electron chi connectivity index (χ2n) is 7.44. The van der Waals surface area contributed by atoms with Crippen molar-refractivity contribution in [3.63, 3.8) is 0 Å². The molecule has 1 aromatic heterocycles. The van der Waals surface area contributed by atoms with Gasteiger partial charge >= 0.3 is 5.97 Å². The van der Waals surface area contributed by atoms with Gasteiger partial charge in [-0.1, -0.05) is 54.6 Å². The number of carboxylic acid groups (broad SMARTS) is 1. The first kappa shape index (κ1) is 19.0. The van der Waals surface area contributed by atoms with E-state index in [0.717, 1.165) is 17.5 Å². The molecule has 148 valence electrons. The normalized spacial score (nSPS) is 15.8. The predicted molar refractivity (Wildman–Crippen MR) is 109 cm³/mol. The maximum absolute atomic E-state index is 13.6. The third-order valence-corrected chi connectivity index (χ3v) is 5.52. The van der Waals surface area contributed by atoms with Crippen LogP contribution in [0.25, 0.3) is 0 Å². The van der Waals surface area contributed by atoms with Crippen LogP contribution in [0.2, 0.25) is 0 Å². The van der Waals surface area contributed by atoms with Gasteiger partial charge in [-0.3, -0.25) is 9.59 Å². The molecule has 1 atom stereocenters. The monoisotopic (exact) mass is 389 g/mol. The maximum atomic E-state index is 13.6. The Balaban J connectivity index is 1.73. The van der Waals surface area contributed by atoms with Gasteiger partial charge in [-0.25, -0.2) is 0 Å². The predicted octanol–water partition coefficient (Wildman–Crippen LogP) is 4.20. The van der Waals surface area contributed by atoms with E-state index in [-0.39, 0.29) is 24.1 Å². The Morgan fingerprint density at radius 3 is 2.59 bits per heavy atom. The molecule has 1 unspecified atom stereocenters. The summed E-state index contributed by atoms with van der Waals surface area (Å²) in [4.78, 5) is 26.7. The first-order valence-corrected chi connectivity index (χ1v) is 9.76. The fourth-order valence-corrected chi connectivity index (χ4v) is 4.15. The molecule has 1 amide bonds. The Labute approximate surface area is 169 Å². The Bertz CT molecular complexity index is 1040. The highest BCUT2D eigenvalue weighted by Gasteiger charge is 2.34. The van der Waals surface area contributed by atoms with Crippen molar-refractivity contribution in [2.45, 2.75) is 32.2 Å². The molecule has 0 bridgehead atoms. The molecular weight excluding hydrogens is 366 g/mol. The minimum Gasteiger partial charge on any atom is -0.481 e. The number of rotatable bonds is 5. The van der Waals surface area contributed by atoms with Crippen molar-refractivity contribution < 1.29 is 19.1 Å². The lowest BCUT2D eigenvalue weighted by atomic mass is 9.88. The smallest absolute Gasteiger partial charge is 0.311 e. The molecule has 29 heavy (non-hydrogen) atoms. The van der Waals surface area contributed by atoms with Gasteiger partial charge in [0.05, 0.1) is 17.9 Å². The SMILES string of the molecule is Cc1coc(CC(=O)O)c1C(=O)N1CCc2ccccc2C1Cc1ccccc1. The molecule has 1 aliphatic heterocycles. The Morgan fingerprint density at radius 2 is 1.83 bits per heavy atom. The Morgan fingerprint density at radius 1 is 1.10 bits per heavy atom. The molecule has 3 aromatic rings. The molecule has 0 spiro atoms. The van der Waals surface area contributed by atoms with Crippen LogP contribution in [0, 0.1) is 6.92 Å². The number of hydrogen-bond acceptors (Lipinski definition) is 3. The average molecular weight is 389 g/mol. The van der Waals surface area contributed by atoms with Crippen molar-refractivity contribution in [1.82, 2.24) is 4.90 Å². The third kappa shape index (κ3) is 3.81. The van der Waals surface area contributed by atoms with Gasteiger partial charge in [0.2, 0.25) is 0 Å². The molecule has 0 fully saturated rings. The summed E-state index contributed by atoms with van der Waals surface area (Å²) in [6, 6.07) is 18.2. The number of carbonyl (C=O) groups is 2. The van der Waals surface area contributed by atoms with Gasteiger partial charge in [0.1, 0.15) is 12.2 Å². The molecule has 0 saturated carbocycles.